The summed E-state index contributed by atoms with van der Waals surface area (Å²) in [6.45, 7) is 6.64. The van der Waals surface area contributed by atoms with Gasteiger partial charge in [0.05, 0.1) is 12.7 Å². The van der Waals surface area contributed by atoms with E-state index in [0.717, 1.165) is 17.6 Å². The van der Waals surface area contributed by atoms with E-state index < -0.39 is 0 Å². The van der Waals surface area contributed by atoms with Crippen molar-refractivity contribution in [1.82, 2.24) is 5.32 Å². The third kappa shape index (κ3) is 4.95. The molecule has 0 bridgehead atoms. The lowest BCUT2D eigenvalue weighted by Crippen LogP contribution is -2.23. The molecule has 0 aliphatic heterocycles. The Morgan fingerprint density at radius 3 is 2.67 bits per heavy atom. The molecule has 0 spiro atoms. The van der Waals surface area contributed by atoms with Gasteiger partial charge in [0.1, 0.15) is 0 Å². The first kappa shape index (κ1) is 16.2. The van der Waals surface area contributed by atoms with E-state index in [1.807, 2.05) is 12.1 Å². The molecular formula is C18H22BrNO. The molecule has 21 heavy (non-hydrogen) atoms. The lowest BCUT2D eigenvalue weighted by atomic mass is 10.0. The van der Waals surface area contributed by atoms with Crippen LogP contribution < -0.4 is 5.32 Å². The lowest BCUT2D eigenvalue weighted by molar-refractivity contribution is 0.0397. The quantitative estimate of drug-likeness (QED) is 0.788. The van der Waals surface area contributed by atoms with Crippen molar-refractivity contribution in [1.29, 1.82) is 0 Å². The van der Waals surface area contributed by atoms with Gasteiger partial charge in [-0.05, 0) is 42.3 Å². The Hall–Kier alpha value is -1.16. The second kappa shape index (κ2) is 8.32. The molecule has 1 unspecified atom stereocenters. The molecule has 1 atom stereocenters. The zero-order chi connectivity index (χ0) is 15.1. The topological polar surface area (TPSA) is 21.3 Å². The van der Waals surface area contributed by atoms with Crippen LogP contribution in [0, 0.1) is 6.92 Å². The normalized spacial score (nSPS) is 12.3. The van der Waals surface area contributed by atoms with E-state index in [1.54, 1.807) is 0 Å². The van der Waals surface area contributed by atoms with Gasteiger partial charge in [0, 0.05) is 11.0 Å². The number of hydrogen-bond acceptors (Lipinski definition) is 2. The van der Waals surface area contributed by atoms with Crippen LogP contribution in [-0.4, -0.2) is 13.1 Å². The van der Waals surface area contributed by atoms with Gasteiger partial charge in [0.2, 0.25) is 0 Å². The summed E-state index contributed by atoms with van der Waals surface area (Å²) in [5.41, 5.74) is 3.71. The molecule has 0 heterocycles. The average molecular weight is 348 g/mol. The molecule has 0 saturated heterocycles. The van der Waals surface area contributed by atoms with Gasteiger partial charge >= 0.3 is 0 Å². The summed E-state index contributed by atoms with van der Waals surface area (Å²) in [6, 6.07) is 16.7. The third-order valence-corrected chi connectivity index (χ3v) is 3.95. The number of halogens is 1. The number of nitrogens with one attached hydrogen (secondary N) is 1. The van der Waals surface area contributed by atoms with Crippen molar-refractivity contribution in [3.63, 3.8) is 0 Å². The van der Waals surface area contributed by atoms with Crippen LogP contribution in [0.4, 0.5) is 0 Å². The molecule has 2 aromatic rings. The van der Waals surface area contributed by atoms with Crippen molar-refractivity contribution >= 4 is 15.9 Å². The molecule has 2 aromatic carbocycles. The van der Waals surface area contributed by atoms with Gasteiger partial charge in [0.15, 0.2) is 0 Å². The third-order valence-electron chi connectivity index (χ3n) is 3.46. The molecule has 0 saturated carbocycles. The second-order valence-corrected chi connectivity index (χ2v) is 6.01. The SMILES string of the molecule is CCNCC(OCc1cccc(Br)c1)c1ccccc1C. The number of benzene rings is 2. The Bertz CT molecular complexity index is 571. The van der Waals surface area contributed by atoms with E-state index in [9.17, 15) is 0 Å². The highest BCUT2D eigenvalue weighted by molar-refractivity contribution is 9.10. The fourth-order valence-electron chi connectivity index (χ4n) is 2.31. The van der Waals surface area contributed by atoms with Gasteiger partial charge in [0.25, 0.3) is 0 Å². The summed E-state index contributed by atoms with van der Waals surface area (Å²) in [5, 5.41) is 3.39. The first-order valence-electron chi connectivity index (χ1n) is 7.33. The molecule has 0 amide bonds. The molecule has 0 aliphatic carbocycles. The highest BCUT2D eigenvalue weighted by Gasteiger charge is 2.13. The van der Waals surface area contributed by atoms with Crippen molar-refractivity contribution in [2.45, 2.75) is 26.6 Å². The molecule has 1 N–H and O–H groups in total. The molecule has 0 aromatic heterocycles. The smallest absolute Gasteiger partial charge is 0.0956 e. The van der Waals surface area contributed by atoms with Crippen molar-refractivity contribution in [2.75, 3.05) is 13.1 Å². The Balaban J connectivity index is 2.08. The van der Waals surface area contributed by atoms with E-state index in [4.69, 9.17) is 4.74 Å². The molecule has 2 nitrogen and oxygen atoms in total. The maximum atomic E-state index is 6.17. The fourth-order valence-corrected chi connectivity index (χ4v) is 2.75. The van der Waals surface area contributed by atoms with E-state index in [-0.39, 0.29) is 6.10 Å². The zero-order valence-electron chi connectivity index (χ0n) is 12.6. The number of ether oxygens (including phenoxy) is 1. The van der Waals surface area contributed by atoms with Crippen molar-refractivity contribution in [3.8, 4) is 0 Å². The van der Waals surface area contributed by atoms with Crippen molar-refractivity contribution in [2.24, 2.45) is 0 Å². The van der Waals surface area contributed by atoms with Crippen LogP contribution in [-0.2, 0) is 11.3 Å². The minimum absolute atomic E-state index is 0.0742. The fraction of sp³-hybridized carbons (Fsp3) is 0.333. The van der Waals surface area contributed by atoms with Crippen LogP contribution in [0.1, 0.15) is 29.7 Å². The number of rotatable bonds is 7. The molecule has 2 rings (SSSR count). The Morgan fingerprint density at radius 2 is 1.95 bits per heavy atom. The first-order chi connectivity index (χ1) is 10.2. The van der Waals surface area contributed by atoms with E-state index in [1.165, 1.54) is 16.7 Å². The van der Waals surface area contributed by atoms with Crippen LogP contribution in [0.25, 0.3) is 0 Å². The van der Waals surface area contributed by atoms with Gasteiger partial charge in [-0.3, -0.25) is 0 Å². The van der Waals surface area contributed by atoms with E-state index in [0.29, 0.717) is 6.61 Å². The summed E-state index contributed by atoms with van der Waals surface area (Å²) in [5.74, 6) is 0. The van der Waals surface area contributed by atoms with Gasteiger partial charge < -0.3 is 10.1 Å². The van der Waals surface area contributed by atoms with Crippen LogP contribution in [0.5, 0.6) is 0 Å². The predicted octanol–water partition coefficient (Wildman–Crippen LogP) is 4.62. The monoisotopic (exact) mass is 347 g/mol. The van der Waals surface area contributed by atoms with Gasteiger partial charge in [-0.25, -0.2) is 0 Å². The van der Waals surface area contributed by atoms with Crippen molar-refractivity contribution in [3.05, 3.63) is 69.7 Å². The summed E-state index contributed by atoms with van der Waals surface area (Å²) in [6.07, 6.45) is 0.0742. The minimum atomic E-state index is 0.0742. The van der Waals surface area contributed by atoms with E-state index >= 15 is 0 Å². The van der Waals surface area contributed by atoms with Gasteiger partial charge in [-0.15, -0.1) is 0 Å². The molecular weight excluding hydrogens is 326 g/mol. The zero-order valence-corrected chi connectivity index (χ0v) is 14.2. The van der Waals surface area contributed by atoms with Crippen LogP contribution >= 0.6 is 15.9 Å². The first-order valence-corrected chi connectivity index (χ1v) is 8.12. The Kier molecular flexibility index (Phi) is 6.43. The molecule has 0 radical (unpaired) electrons. The summed E-state index contributed by atoms with van der Waals surface area (Å²) < 4.78 is 7.25. The molecule has 0 fully saturated rings. The largest absolute Gasteiger partial charge is 0.368 e. The van der Waals surface area contributed by atoms with E-state index in [2.05, 4.69) is 71.5 Å². The minimum Gasteiger partial charge on any atom is -0.368 e. The standard InChI is InChI=1S/C18H22BrNO/c1-3-20-12-18(17-10-5-4-7-14(17)2)21-13-15-8-6-9-16(19)11-15/h4-11,18,20H,3,12-13H2,1-2H3. The summed E-state index contributed by atoms with van der Waals surface area (Å²) >= 11 is 3.50. The maximum absolute atomic E-state index is 6.17. The summed E-state index contributed by atoms with van der Waals surface area (Å²) in [4.78, 5) is 0. The van der Waals surface area contributed by atoms with Crippen molar-refractivity contribution < 1.29 is 4.74 Å². The summed E-state index contributed by atoms with van der Waals surface area (Å²) in [7, 11) is 0. The van der Waals surface area contributed by atoms with Crippen LogP contribution in [0.15, 0.2) is 53.0 Å². The van der Waals surface area contributed by atoms with Crippen LogP contribution in [0.2, 0.25) is 0 Å². The number of hydrogen-bond donors (Lipinski definition) is 1. The van der Waals surface area contributed by atoms with Gasteiger partial charge in [-0.2, -0.15) is 0 Å². The van der Waals surface area contributed by atoms with Gasteiger partial charge in [-0.1, -0.05) is 59.3 Å². The maximum Gasteiger partial charge on any atom is 0.0956 e. The number of likely N-dealkylation sites (N-methyl/N-ethyl adjacent to an activating group) is 1. The molecule has 0 aliphatic rings. The highest BCUT2D eigenvalue weighted by Crippen LogP contribution is 2.22. The highest BCUT2D eigenvalue weighted by atomic mass is 79.9. The molecule has 3 heteroatoms. The predicted molar refractivity (Wildman–Crippen MR) is 91.4 cm³/mol. The Labute approximate surface area is 135 Å². The van der Waals surface area contributed by atoms with Crippen LogP contribution in [0.3, 0.4) is 0 Å². The lowest BCUT2D eigenvalue weighted by Gasteiger charge is -2.20. The average Bonchev–Trinajstić information content (AvgIpc) is 2.48. The molecule has 112 valence electrons. The number of aryl methyl sites for hydroxylation is 1. The Morgan fingerprint density at radius 1 is 1.14 bits per heavy atom. The second-order valence-electron chi connectivity index (χ2n) is 5.09.